The first-order chi connectivity index (χ1) is 5.34. The van der Waals surface area contributed by atoms with Gasteiger partial charge in [0, 0.05) is 6.54 Å². The number of carbonyl (C=O) groups excluding carboxylic acids is 1. The zero-order valence-electron chi connectivity index (χ0n) is 6.42. The summed E-state index contributed by atoms with van der Waals surface area (Å²) in [6.07, 6.45) is 3.14. The van der Waals surface area contributed by atoms with Crippen molar-refractivity contribution in [3.8, 4) is 0 Å². The van der Waals surface area contributed by atoms with Crippen molar-refractivity contribution in [2.45, 2.75) is 18.3 Å². The third kappa shape index (κ3) is 2.67. The van der Waals surface area contributed by atoms with Gasteiger partial charge in [0.25, 0.3) is 0 Å². The second-order valence-electron chi connectivity index (χ2n) is 2.70. The van der Waals surface area contributed by atoms with E-state index in [1.54, 1.807) is 0 Å². The highest BCUT2D eigenvalue weighted by molar-refractivity contribution is 6.20. The smallest absolute Gasteiger partial charge is 0.207 e. The average molecular weight is 177 g/mol. The summed E-state index contributed by atoms with van der Waals surface area (Å²) in [6.45, 7) is 2.68. The quantitative estimate of drug-likeness (QED) is 0.382. The standard InChI is InChI=1S/C7H13ClN2O/c8-7(5-9-6-11)10-3-1-2-4-10/h6-7H,1-5H2,(H,9,11). The van der Waals surface area contributed by atoms with Gasteiger partial charge in [0.15, 0.2) is 0 Å². The number of carbonyl (C=O) groups is 1. The van der Waals surface area contributed by atoms with E-state index < -0.39 is 0 Å². The van der Waals surface area contributed by atoms with Crippen molar-refractivity contribution in [3.63, 3.8) is 0 Å². The monoisotopic (exact) mass is 176 g/mol. The van der Waals surface area contributed by atoms with E-state index in [9.17, 15) is 4.79 Å². The largest absolute Gasteiger partial charge is 0.356 e. The molecule has 1 aliphatic rings. The molecule has 1 atom stereocenters. The second-order valence-corrected chi connectivity index (χ2v) is 3.21. The minimum Gasteiger partial charge on any atom is -0.356 e. The maximum absolute atomic E-state index is 9.94. The van der Waals surface area contributed by atoms with Gasteiger partial charge in [-0.05, 0) is 25.9 Å². The van der Waals surface area contributed by atoms with Crippen LogP contribution in [0.5, 0.6) is 0 Å². The number of halogens is 1. The van der Waals surface area contributed by atoms with E-state index in [0.29, 0.717) is 13.0 Å². The molecule has 0 aromatic heterocycles. The van der Waals surface area contributed by atoms with Crippen LogP contribution in [0.15, 0.2) is 0 Å². The molecule has 11 heavy (non-hydrogen) atoms. The zero-order valence-corrected chi connectivity index (χ0v) is 7.18. The van der Waals surface area contributed by atoms with Gasteiger partial charge >= 0.3 is 0 Å². The maximum atomic E-state index is 9.94. The lowest BCUT2D eigenvalue weighted by Gasteiger charge is -2.20. The Balaban J connectivity index is 2.16. The molecule has 1 unspecified atom stereocenters. The predicted octanol–water partition coefficient (Wildman–Crippen LogP) is 0.393. The Morgan fingerprint density at radius 2 is 2.18 bits per heavy atom. The molecule has 3 nitrogen and oxygen atoms in total. The number of alkyl halides is 1. The number of hydrogen-bond donors (Lipinski definition) is 1. The fraction of sp³-hybridized carbons (Fsp3) is 0.857. The topological polar surface area (TPSA) is 32.3 Å². The summed E-state index contributed by atoms with van der Waals surface area (Å²) in [6, 6.07) is 0. The summed E-state index contributed by atoms with van der Waals surface area (Å²) >= 11 is 5.97. The van der Waals surface area contributed by atoms with E-state index in [4.69, 9.17) is 11.6 Å². The maximum Gasteiger partial charge on any atom is 0.207 e. The van der Waals surface area contributed by atoms with E-state index in [-0.39, 0.29) is 5.50 Å². The third-order valence-electron chi connectivity index (χ3n) is 1.91. The first-order valence-electron chi connectivity index (χ1n) is 3.90. The molecule has 0 aromatic carbocycles. The molecule has 1 saturated heterocycles. The molecule has 1 amide bonds. The van der Waals surface area contributed by atoms with Crippen LogP contribution in [0.1, 0.15) is 12.8 Å². The van der Waals surface area contributed by atoms with Gasteiger partial charge in [-0.15, -0.1) is 11.6 Å². The van der Waals surface area contributed by atoms with E-state index in [1.807, 2.05) is 0 Å². The molecule has 0 aliphatic carbocycles. The van der Waals surface area contributed by atoms with E-state index in [1.165, 1.54) is 12.8 Å². The van der Waals surface area contributed by atoms with Crippen LogP contribution in [-0.4, -0.2) is 36.4 Å². The molecule has 1 heterocycles. The summed E-state index contributed by atoms with van der Waals surface area (Å²) in [5.41, 5.74) is -0.0253. The fourth-order valence-electron chi connectivity index (χ4n) is 1.30. The van der Waals surface area contributed by atoms with Crippen LogP contribution in [0.2, 0.25) is 0 Å². The van der Waals surface area contributed by atoms with Gasteiger partial charge in [0.1, 0.15) is 5.50 Å². The second kappa shape index (κ2) is 4.57. The van der Waals surface area contributed by atoms with Crippen molar-refractivity contribution in [3.05, 3.63) is 0 Å². The molecule has 4 heteroatoms. The molecule has 1 fully saturated rings. The number of hydrogen-bond acceptors (Lipinski definition) is 2. The van der Waals surface area contributed by atoms with Gasteiger partial charge in [-0.3, -0.25) is 9.69 Å². The van der Waals surface area contributed by atoms with Crippen molar-refractivity contribution in [2.24, 2.45) is 0 Å². The van der Waals surface area contributed by atoms with Crippen LogP contribution in [0.4, 0.5) is 0 Å². The average Bonchev–Trinajstić information content (AvgIpc) is 2.52. The minimum atomic E-state index is -0.0253. The number of amides is 1. The Kier molecular flexibility index (Phi) is 3.66. The summed E-state index contributed by atoms with van der Waals surface area (Å²) < 4.78 is 0. The lowest BCUT2D eigenvalue weighted by Crippen LogP contribution is -2.36. The molecule has 64 valence electrons. The van der Waals surface area contributed by atoms with Crippen molar-refractivity contribution >= 4 is 18.0 Å². The number of nitrogens with one attached hydrogen (secondary N) is 1. The summed E-state index contributed by atoms with van der Waals surface area (Å²) in [4.78, 5) is 12.1. The number of rotatable bonds is 4. The Hall–Kier alpha value is -0.280. The summed E-state index contributed by atoms with van der Waals surface area (Å²) in [7, 11) is 0. The van der Waals surface area contributed by atoms with Gasteiger partial charge < -0.3 is 5.32 Å². The van der Waals surface area contributed by atoms with Gasteiger partial charge in [0.2, 0.25) is 6.41 Å². The van der Waals surface area contributed by atoms with Crippen molar-refractivity contribution in [1.82, 2.24) is 10.2 Å². The predicted molar refractivity (Wildman–Crippen MR) is 44.5 cm³/mol. The van der Waals surface area contributed by atoms with Crippen LogP contribution < -0.4 is 5.32 Å². The molecule has 0 radical (unpaired) electrons. The summed E-state index contributed by atoms with van der Waals surface area (Å²) in [5.74, 6) is 0. The number of likely N-dealkylation sites (tertiary alicyclic amines) is 1. The highest BCUT2D eigenvalue weighted by Gasteiger charge is 2.18. The first-order valence-corrected chi connectivity index (χ1v) is 4.33. The van der Waals surface area contributed by atoms with Crippen molar-refractivity contribution in [2.75, 3.05) is 19.6 Å². The Labute approximate surface area is 71.7 Å². The van der Waals surface area contributed by atoms with Gasteiger partial charge in [-0.25, -0.2) is 0 Å². The third-order valence-corrected chi connectivity index (χ3v) is 2.34. The lowest BCUT2D eigenvalue weighted by molar-refractivity contribution is -0.109. The molecule has 0 spiro atoms. The lowest BCUT2D eigenvalue weighted by atomic mass is 10.4. The molecule has 0 bridgehead atoms. The fourth-order valence-corrected chi connectivity index (χ4v) is 1.58. The summed E-state index contributed by atoms with van der Waals surface area (Å²) in [5, 5.41) is 2.57. The minimum absolute atomic E-state index is 0.0253. The first kappa shape index (κ1) is 8.81. The SMILES string of the molecule is O=CNCC(Cl)N1CCCC1. The molecular weight excluding hydrogens is 164 g/mol. The Bertz CT molecular complexity index is 126. The molecule has 1 aliphatic heterocycles. The van der Waals surface area contributed by atoms with Crippen molar-refractivity contribution in [1.29, 1.82) is 0 Å². The van der Waals surface area contributed by atoms with Crippen molar-refractivity contribution < 1.29 is 4.79 Å². The molecular formula is C7H13ClN2O. The molecule has 1 rings (SSSR count). The highest BCUT2D eigenvalue weighted by Crippen LogP contribution is 2.13. The Morgan fingerprint density at radius 3 is 2.73 bits per heavy atom. The number of nitrogens with zero attached hydrogens (tertiary/aromatic N) is 1. The van der Waals surface area contributed by atoms with E-state index in [2.05, 4.69) is 10.2 Å². The van der Waals surface area contributed by atoms with E-state index >= 15 is 0 Å². The van der Waals surface area contributed by atoms with Crippen LogP contribution in [0.25, 0.3) is 0 Å². The normalized spacial score (nSPS) is 21.5. The van der Waals surface area contributed by atoms with Gasteiger partial charge in [-0.1, -0.05) is 0 Å². The molecule has 1 N–H and O–H groups in total. The van der Waals surface area contributed by atoms with Crippen LogP contribution in [-0.2, 0) is 4.79 Å². The van der Waals surface area contributed by atoms with E-state index in [0.717, 1.165) is 13.1 Å². The van der Waals surface area contributed by atoms with Crippen LogP contribution >= 0.6 is 11.6 Å². The molecule has 0 aromatic rings. The van der Waals surface area contributed by atoms with Crippen LogP contribution in [0.3, 0.4) is 0 Å². The zero-order chi connectivity index (χ0) is 8.10. The van der Waals surface area contributed by atoms with Crippen LogP contribution in [0, 0.1) is 0 Å². The van der Waals surface area contributed by atoms with Gasteiger partial charge in [0.05, 0.1) is 0 Å². The van der Waals surface area contributed by atoms with Gasteiger partial charge in [-0.2, -0.15) is 0 Å². The highest BCUT2D eigenvalue weighted by atomic mass is 35.5. The Morgan fingerprint density at radius 1 is 1.55 bits per heavy atom. The molecule has 0 saturated carbocycles.